The van der Waals surface area contributed by atoms with Gasteiger partial charge in [0.2, 0.25) is 0 Å². The molecule has 1 N–H and O–H groups in total. The summed E-state index contributed by atoms with van der Waals surface area (Å²) in [5.41, 5.74) is 2.02. The Hall–Kier alpha value is -1.88. The molecule has 4 nitrogen and oxygen atoms in total. The van der Waals surface area contributed by atoms with E-state index in [0.717, 1.165) is 23.4 Å². The first-order valence-corrected chi connectivity index (χ1v) is 6.61. The second kappa shape index (κ2) is 4.42. The quantitative estimate of drug-likeness (QED) is 0.785. The van der Waals surface area contributed by atoms with Crippen LogP contribution in [0.1, 0.15) is 9.75 Å². The lowest BCUT2D eigenvalue weighted by Gasteiger charge is -2.04. The Morgan fingerprint density at radius 2 is 2.17 bits per heavy atom. The van der Waals surface area contributed by atoms with E-state index in [4.69, 9.17) is 0 Å². The lowest BCUT2D eigenvalue weighted by atomic mass is 10.3. The molecular weight excluding hydrogens is 244 g/mol. The Bertz CT molecular complexity index is 683. The van der Waals surface area contributed by atoms with E-state index in [0.29, 0.717) is 0 Å². The monoisotopic (exact) mass is 258 g/mol. The number of thiophene rings is 1. The van der Waals surface area contributed by atoms with Gasteiger partial charge in [0.1, 0.15) is 5.52 Å². The maximum atomic E-state index is 4.38. The minimum Gasteiger partial charge on any atom is -0.363 e. The third-order valence-corrected chi connectivity index (χ3v) is 3.87. The lowest BCUT2D eigenvalue weighted by Crippen LogP contribution is -2.00. The fraction of sp³-hybridized carbons (Fsp3) is 0.231. The number of hydrogen-bond donors (Lipinski definition) is 1. The van der Waals surface area contributed by atoms with Gasteiger partial charge in [-0.15, -0.1) is 11.3 Å². The number of hydrogen-bond acceptors (Lipinski definition) is 4. The number of nitrogens with zero attached hydrogens (tertiary/aromatic N) is 3. The number of nitrogens with one attached hydrogen (secondary N) is 1. The van der Waals surface area contributed by atoms with Crippen LogP contribution in [0.5, 0.6) is 0 Å². The first-order valence-electron chi connectivity index (χ1n) is 5.79. The summed E-state index contributed by atoms with van der Waals surface area (Å²) in [5, 5.41) is 3.35. The highest BCUT2D eigenvalue weighted by molar-refractivity contribution is 7.11. The maximum Gasteiger partial charge on any atom is 0.154 e. The Labute approximate surface area is 109 Å². The molecule has 3 rings (SSSR count). The van der Waals surface area contributed by atoms with Crippen LogP contribution in [-0.2, 0) is 13.6 Å². The highest BCUT2D eigenvalue weighted by atomic mass is 32.1. The van der Waals surface area contributed by atoms with Crippen LogP contribution in [-0.4, -0.2) is 14.5 Å². The SMILES string of the molecule is Cc1ccc(CNc2nccc3c2ncn3C)s1. The summed E-state index contributed by atoms with van der Waals surface area (Å²) in [7, 11) is 1.99. The molecule has 0 aliphatic rings. The van der Waals surface area contributed by atoms with Gasteiger partial charge in [-0.1, -0.05) is 0 Å². The number of pyridine rings is 1. The maximum absolute atomic E-state index is 4.38. The predicted octanol–water partition coefficient (Wildman–Crippen LogP) is 2.95. The van der Waals surface area contributed by atoms with E-state index in [2.05, 4.69) is 34.3 Å². The number of imidazole rings is 1. The Kier molecular flexibility index (Phi) is 2.76. The summed E-state index contributed by atoms with van der Waals surface area (Å²) in [6.45, 7) is 2.91. The fourth-order valence-corrected chi connectivity index (χ4v) is 2.77. The van der Waals surface area contributed by atoms with Crippen molar-refractivity contribution in [2.24, 2.45) is 7.05 Å². The standard InChI is InChI=1S/C13H14N4S/c1-9-3-4-10(18-9)7-15-13-12-11(5-6-14-13)17(2)8-16-12/h3-6,8H,7H2,1-2H3,(H,14,15). The van der Waals surface area contributed by atoms with Crippen molar-refractivity contribution in [3.63, 3.8) is 0 Å². The molecule has 18 heavy (non-hydrogen) atoms. The van der Waals surface area contributed by atoms with Crippen molar-refractivity contribution in [3.8, 4) is 0 Å². The van der Waals surface area contributed by atoms with E-state index >= 15 is 0 Å². The molecule has 0 bridgehead atoms. The van der Waals surface area contributed by atoms with Crippen LogP contribution in [0.15, 0.2) is 30.7 Å². The number of rotatable bonds is 3. The largest absolute Gasteiger partial charge is 0.363 e. The number of aromatic nitrogens is 3. The molecule has 3 aromatic heterocycles. The van der Waals surface area contributed by atoms with E-state index in [-0.39, 0.29) is 0 Å². The molecule has 5 heteroatoms. The summed E-state index contributed by atoms with van der Waals surface area (Å²) in [6.07, 6.45) is 3.62. The molecule has 0 atom stereocenters. The van der Waals surface area contributed by atoms with Crippen LogP contribution in [0.4, 0.5) is 5.82 Å². The average Bonchev–Trinajstić information content (AvgIpc) is 2.94. The predicted molar refractivity (Wildman–Crippen MR) is 74.9 cm³/mol. The molecule has 0 aliphatic heterocycles. The Morgan fingerprint density at radius 1 is 1.28 bits per heavy atom. The van der Waals surface area contributed by atoms with Crippen LogP contribution in [0.3, 0.4) is 0 Å². The molecule has 3 aromatic rings. The summed E-state index contributed by atoms with van der Waals surface area (Å²) in [4.78, 5) is 11.4. The van der Waals surface area contributed by atoms with Crippen LogP contribution in [0.2, 0.25) is 0 Å². The third-order valence-electron chi connectivity index (χ3n) is 2.87. The number of fused-ring (bicyclic) bond motifs is 1. The van der Waals surface area contributed by atoms with Crippen LogP contribution in [0, 0.1) is 6.92 Å². The smallest absolute Gasteiger partial charge is 0.154 e. The zero-order valence-electron chi connectivity index (χ0n) is 10.3. The number of anilines is 1. The fourth-order valence-electron chi connectivity index (χ4n) is 1.94. The second-order valence-electron chi connectivity index (χ2n) is 4.25. The molecule has 92 valence electrons. The molecule has 0 amide bonds. The van der Waals surface area contributed by atoms with Gasteiger partial charge in [-0.2, -0.15) is 0 Å². The van der Waals surface area contributed by atoms with Crippen molar-refractivity contribution in [2.45, 2.75) is 13.5 Å². The van der Waals surface area contributed by atoms with Crippen molar-refractivity contribution in [1.29, 1.82) is 0 Å². The molecule has 0 saturated carbocycles. The minimum absolute atomic E-state index is 0.793. The van der Waals surface area contributed by atoms with Gasteiger partial charge in [-0.3, -0.25) is 0 Å². The van der Waals surface area contributed by atoms with Gasteiger partial charge < -0.3 is 9.88 Å². The van der Waals surface area contributed by atoms with Crippen molar-refractivity contribution in [1.82, 2.24) is 14.5 Å². The zero-order chi connectivity index (χ0) is 12.5. The topological polar surface area (TPSA) is 42.7 Å². The molecule has 0 aliphatic carbocycles. The molecule has 3 heterocycles. The zero-order valence-corrected chi connectivity index (χ0v) is 11.2. The van der Waals surface area contributed by atoms with Crippen LogP contribution < -0.4 is 5.32 Å². The first-order chi connectivity index (χ1) is 8.74. The Balaban J connectivity index is 1.86. The highest BCUT2D eigenvalue weighted by Crippen LogP contribution is 2.21. The van der Waals surface area contributed by atoms with E-state index < -0.39 is 0 Å². The van der Waals surface area contributed by atoms with E-state index in [1.165, 1.54) is 9.75 Å². The lowest BCUT2D eigenvalue weighted by molar-refractivity contribution is 0.947. The van der Waals surface area contributed by atoms with Gasteiger partial charge in [0.05, 0.1) is 18.4 Å². The van der Waals surface area contributed by atoms with E-state index in [9.17, 15) is 0 Å². The first kappa shape index (κ1) is 11.2. The number of aryl methyl sites for hydroxylation is 2. The Morgan fingerprint density at radius 3 is 2.94 bits per heavy atom. The average molecular weight is 258 g/mol. The summed E-state index contributed by atoms with van der Waals surface area (Å²) in [5.74, 6) is 0.846. The van der Waals surface area contributed by atoms with Crippen molar-refractivity contribution in [2.75, 3.05) is 5.32 Å². The van der Waals surface area contributed by atoms with Crippen molar-refractivity contribution >= 4 is 28.2 Å². The van der Waals surface area contributed by atoms with E-state index in [1.807, 2.05) is 30.2 Å². The summed E-state index contributed by atoms with van der Waals surface area (Å²) in [6, 6.07) is 6.25. The molecule has 0 radical (unpaired) electrons. The van der Waals surface area contributed by atoms with E-state index in [1.54, 1.807) is 11.3 Å². The van der Waals surface area contributed by atoms with Gasteiger partial charge >= 0.3 is 0 Å². The van der Waals surface area contributed by atoms with Gasteiger partial charge in [-0.05, 0) is 25.1 Å². The summed E-state index contributed by atoms with van der Waals surface area (Å²) >= 11 is 1.80. The van der Waals surface area contributed by atoms with Crippen molar-refractivity contribution in [3.05, 3.63) is 40.5 Å². The van der Waals surface area contributed by atoms with Gasteiger partial charge in [0.25, 0.3) is 0 Å². The normalized spacial score (nSPS) is 11.0. The van der Waals surface area contributed by atoms with Crippen LogP contribution in [0.25, 0.3) is 11.0 Å². The molecule has 0 aromatic carbocycles. The molecule has 0 unspecified atom stereocenters. The summed E-state index contributed by atoms with van der Waals surface area (Å²) < 4.78 is 2.00. The second-order valence-corrected chi connectivity index (χ2v) is 5.62. The molecule has 0 saturated heterocycles. The minimum atomic E-state index is 0.793. The molecule has 0 fully saturated rings. The highest BCUT2D eigenvalue weighted by Gasteiger charge is 2.06. The molecule has 0 spiro atoms. The van der Waals surface area contributed by atoms with Crippen molar-refractivity contribution < 1.29 is 0 Å². The van der Waals surface area contributed by atoms with Gasteiger partial charge in [-0.25, -0.2) is 9.97 Å². The van der Waals surface area contributed by atoms with Gasteiger partial charge in [0, 0.05) is 23.0 Å². The van der Waals surface area contributed by atoms with Crippen LogP contribution >= 0.6 is 11.3 Å². The third kappa shape index (κ3) is 1.97. The van der Waals surface area contributed by atoms with Gasteiger partial charge in [0.15, 0.2) is 5.82 Å². The molecular formula is C13H14N4S.